The molecule has 2 aromatic rings. The van der Waals surface area contributed by atoms with Gasteiger partial charge in [0.05, 0.1) is 4.90 Å². The van der Waals surface area contributed by atoms with Gasteiger partial charge in [-0.25, -0.2) is 8.42 Å². The topological polar surface area (TPSA) is 51.2 Å². The highest BCUT2D eigenvalue weighted by molar-refractivity contribution is 7.92. The average Bonchev–Trinajstić information content (AvgIpc) is 2.73. The first-order valence-corrected chi connectivity index (χ1v) is 11.2. The monoisotopic (exact) mass is 478 g/mol. The van der Waals surface area contributed by atoms with Crippen molar-refractivity contribution in [3.05, 3.63) is 65.7 Å². The highest BCUT2D eigenvalue weighted by Gasteiger charge is 2.68. The van der Waals surface area contributed by atoms with Crippen LogP contribution < -0.4 is 0 Å². The molecular formula is C22H20F6O3S. The van der Waals surface area contributed by atoms with Crippen LogP contribution in [0, 0.1) is 0 Å². The molecule has 10 heteroatoms. The molecule has 0 atom stereocenters. The first kappa shape index (κ1) is 24.3. The average molecular weight is 478 g/mol. The lowest BCUT2D eigenvalue weighted by Gasteiger charge is -2.38. The minimum Gasteiger partial charge on any atom is -0.300 e. The Kier molecular flexibility index (Phi) is 5.99. The third kappa shape index (κ3) is 3.72. The van der Waals surface area contributed by atoms with Crippen molar-refractivity contribution < 1.29 is 39.6 Å². The molecule has 32 heavy (non-hydrogen) atoms. The van der Waals surface area contributed by atoms with Crippen LogP contribution >= 0.6 is 0 Å². The minimum atomic E-state index is -5.61. The van der Waals surface area contributed by atoms with E-state index in [1.54, 1.807) is 6.07 Å². The molecule has 1 fully saturated rings. The SMILES string of the molecule is CC(c1ccc(C2(S(=O)(=O)c3ccccc3)CCC(=O)CC2)cc1)(C(F)(F)F)C(F)(F)F. The Bertz CT molecular complexity index is 1060. The standard InChI is InChI=1S/C22H20F6O3S/c1-19(21(23,24)25,22(26,27)28)15-7-9-16(10-8-15)20(13-11-17(29)12-14-20)32(30,31)18-5-3-2-4-6-18/h2-10H,11-14H2,1H3. The van der Waals surface area contributed by atoms with Crippen molar-refractivity contribution in [1.82, 2.24) is 0 Å². The van der Waals surface area contributed by atoms with Crippen LogP contribution in [0.1, 0.15) is 43.7 Å². The third-order valence-electron chi connectivity index (χ3n) is 6.31. The van der Waals surface area contributed by atoms with Gasteiger partial charge in [-0.2, -0.15) is 26.3 Å². The number of benzene rings is 2. The summed E-state index contributed by atoms with van der Waals surface area (Å²) >= 11 is 0. The molecule has 0 saturated heterocycles. The normalized spacial score (nSPS) is 17.9. The zero-order valence-corrected chi connectivity index (χ0v) is 17.7. The van der Waals surface area contributed by atoms with Crippen molar-refractivity contribution in [2.24, 2.45) is 0 Å². The molecule has 0 radical (unpaired) electrons. The summed E-state index contributed by atoms with van der Waals surface area (Å²) in [7, 11) is -4.10. The molecule has 3 nitrogen and oxygen atoms in total. The van der Waals surface area contributed by atoms with Gasteiger partial charge in [-0.1, -0.05) is 42.5 Å². The van der Waals surface area contributed by atoms with Gasteiger partial charge in [-0.15, -0.1) is 0 Å². The molecule has 0 bridgehead atoms. The fourth-order valence-electron chi connectivity index (χ4n) is 4.07. The van der Waals surface area contributed by atoms with Gasteiger partial charge < -0.3 is 0 Å². The summed E-state index contributed by atoms with van der Waals surface area (Å²) in [5, 5.41) is 0. The summed E-state index contributed by atoms with van der Waals surface area (Å²) in [6.45, 7) is 0.0533. The Balaban J connectivity index is 2.16. The number of rotatable bonds is 4. The summed E-state index contributed by atoms with van der Waals surface area (Å²) < 4.78 is 106. The summed E-state index contributed by atoms with van der Waals surface area (Å²) in [6.07, 6.45) is -11.6. The molecule has 0 aliphatic heterocycles. The molecule has 174 valence electrons. The second kappa shape index (κ2) is 7.90. The Morgan fingerprint density at radius 2 is 1.25 bits per heavy atom. The lowest BCUT2D eigenvalue weighted by Crippen LogP contribution is -2.51. The molecular weight excluding hydrogens is 458 g/mol. The number of carbonyl (C=O) groups excluding carboxylic acids is 1. The number of halogens is 6. The van der Waals surface area contributed by atoms with E-state index < -0.39 is 37.9 Å². The van der Waals surface area contributed by atoms with Crippen LogP contribution in [0.4, 0.5) is 26.3 Å². The van der Waals surface area contributed by atoms with Crippen molar-refractivity contribution in [3.63, 3.8) is 0 Å². The molecule has 1 saturated carbocycles. The maximum atomic E-state index is 13.5. The van der Waals surface area contributed by atoms with Gasteiger partial charge in [0.25, 0.3) is 0 Å². The lowest BCUT2D eigenvalue weighted by atomic mass is 9.78. The van der Waals surface area contributed by atoms with Gasteiger partial charge in [-0.05, 0) is 43.0 Å². The maximum Gasteiger partial charge on any atom is 0.406 e. The molecule has 3 rings (SSSR count). The quantitative estimate of drug-likeness (QED) is 0.516. The minimum absolute atomic E-state index is 0.0335. The predicted molar refractivity (Wildman–Crippen MR) is 105 cm³/mol. The summed E-state index contributed by atoms with van der Waals surface area (Å²) in [4.78, 5) is 11.8. The van der Waals surface area contributed by atoms with Crippen molar-refractivity contribution in [1.29, 1.82) is 0 Å². The van der Waals surface area contributed by atoms with Crippen LogP contribution in [0.25, 0.3) is 0 Å². The molecule has 0 unspecified atom stereocenters. The summed E-state index contributed by atoms with van der Waals surface area (Å²) in [6, 6.07) is 10.7. The molecule has 2 aromatic carbocycles. The van der Waals surface area contributed by atoms with E-state index >= 15 is 0 Å². The Hall–Kier alpha value is -2.36. The van der Waals surface area contributed by atoms with Gasteiger partial charge in [0.2, 0.25) is 0 Å². The molecule has 1 aliphatic rings. The van der Waals surface area contributed by atoms with E-state index in [9.17, 15) is 39.6 Å². The second-order valence-corrected chi connectivity index (χ2v) is 10.3. The van der Waals surface area contributed by atoms with Crippen LogP contribution in [-0.4, -0.2) is 26.6 Å². The number of hydrogen-bond donors (Lipinski definition) is 0. The number of sulfone groups is 1. The number of alkyl halides is 6. The number of carbonyl (C=O) groups is 1. The highest BCUT2D eigenvalue weighted by Crippen LogP contribution is 2.52. The fraction of sp³-hybridized carbons (Fsp3) is 0.409. The number of ketones is 1. The summed E-state index contributed by atoms with van der Waals surface area (Å²) in [5.74, 6) is -0.151. The molecule has 0 heterocycles. The van der Waals surface area contributed by atoms with E-state index in [1.165, 1.54) is 24.3 Å². The fourth-order valence-corrected chi connectivity index (χ4v) is 6.22. The second-order valence-electron chi connectivity index (χ2n) is 8.05. The Labute approximate surface area is 181 Å². The van der Waals surface area contributed by atoms with Gasteiger partial charge in [-0.3, -0.25) is 4.79 Å². The van der Waals surface area contributed by atoms with Crippen molar-refractivity contribution in [3.8, 4) is 0 Å². The van der Waals surface area contributed by atoms with Gasteiger partial charge in [0.15, 0.2) is 15.3 Å². The van der Waals surface area contributed by atoms with E-state index in [1.807, 2.05) is 0 Å². The van der Waals surface area contributed by atoms with E-state index in [4.69, 9.17) is 0 Å². The Morgan fingerprint density at radius 3 is 1.69 bits per heavy atom. The van der Waals surface area contributed by atoms with Gasteiger partial charge in [0, 0.05) is 12.8 Å². The number of hydrogen-bond acceptors (Lipinski definition) is 3. The van der Waals surface area contributed by atoms with Crippen LogP contribution in [0.5, 0.6) is 0 Å². The van der Waals surface area contributed by atoms with E-state index in [0.29, 0.717) is 12.1 Å². The molecule has 0 aromatic heterocycles. The van der Waals surface area contributed by atoms with Gasteiger partial charge in [0.1, 0.15) is 10.5 Å². The van der Waals surface area contributed by atoms with Crippen molar-refractivity contribution in [2.45, 2.75) is 60.0 Å². The molecule has 1 aliphatic carbocycles. The van der Waals surface area contributed by atoms with E-state index in [2.05, 4.69) is 0 Å². The molecule has 0 amide bonds. The van der Waals surface area contributed by atoms with Gasteiger partial charge >= 0.3 is 12.4 Å². The largest absolute Gasteiger partial charge is 0.406 e. The first-order chi connectivity index (χ1) is 14.7. The van der Waals surface area contributed by atoms with Crippen molar-refractivity contribution >= 4 is 15.6 Å². The molecule has 0 spiro atoms. The zero-order valence-electron chi connectivity index (χ0n) is 16.9. The smallest absolute Gasteiger partial charge is 0.300 e. The first-order valence-electron chi connectivity index (χ1n) is 9.73. The highest BCUT2D eigenvalue weighted by atomic mass is 32.2. The van der Waals surface area contributed by atoms with E-state index in [-0.39, 0.29) is 48.8 Å². The van der Waals surface area contributed by atoms with Crippen LogP contribution in [-0.2, 0) is 24.8 Å². The molecule has 0 N–H and O–H groups in total. The lowest BCUT2D eigenvalue weighted by molar-refractivity contribution is -0.297. The van der Waals surface area contributed by atoms with Crippen molar-refractivity contribution in [2.75, 3.05) is 0 Å². The number of Topliss-reactive ketones (excluding diaryl/α,β-unsaturated/α-hetero) is 1. The zero-order chi connectivity index (χ0) is 24.0. The Morgan fingerprint density at radius 1 is 0.781 bits per heavy atom. The van der Waals surface area contributed by atoms with Crippen LogP contribution in [0.3, 0.4) is 0 Å². The van der Waals surface area contributed by atoms with Crippen LogP contribution in [0.15, 0.2) is 59.5 Å². The summed E-state index contributed by atoms with van der Waals surface area (Å²) in [5.41, 5.74) is -5.10. The van der Waals surface area contributed by atoms with E-state index in [0.717, 1.165) is 12.1 Å². The van der Waals surface area contributed by atoms with Crippen LogP contribution in [0.2, 0.25) is 0 Å². The maximum absolute atomic E-state index is 13.5. The third-order valence-corrected chi connectivity index (χ3v) is 8.87. The predicted octanol–water partition coefficient (Wildman–Crippen LogP) is 5.88.